The summed E-state index contributed by atoms with van der Waals surface area (Å²) in [7, 11) is 0. The number of hydrogen-bond donors (Lipinski definition) is 2. The zero-order valence-corrected chi connectivity index (χ0v) is 16.3. The van der Waals surface area contributed by atoms with Crippen LogP contribution in [0.2, 0.25) is 0 Å². The van der Waals surface area contributed by atoms with Gasteiger partial charge >= 0.3 is 0 Å². The van der Waals surface area contributed by atoms with Crippen LogP contribution in [0.4, 0.5) is 0 Å². The predicted octanol–water partition coefficient (Wildman–Crippen LogP) is 4.63. The van der Waals surface area contributed by atoms with Crippen molar-refractivity contribution in [3.63, 3.8) is 0 Å². The summed E-state index contributed by atoms with van der Waals surface area (Å²) in [6, 6.07) is 4.01. The van der Waals surface area contributed by atoms with E-state index in [2.05, 4.69) is 51.5 Å². The molecule has 124 valence electrons. The molecule has 0 aliphatic carbocycles. The maximum absolute atomic E-state index is 5.39. The van der Waals surface area contributed by atoms with Gasteiger partial charge in [-0.2, -0.15) is 0 Å². The monoisotopic (exact) mass is 393 g/mol. The molecule has 23 heavy (non-hydrogen) atoms. The van der Waals surface area contributed by atoms with E-state index in [9.17, 15) is 0 Å². The molecule has 0 aliphatic rings. The number of allylic oxidation sites excluding steroid dienone is 5. The van der Waals surface area contributed by atoms with E-state index < -0.39 is 0 Å². The number of pyridine rings is 1. The van der Waals surface area contributed by atoms with E-state index in [0.717, 1.165) is 29.6 Å². The van der Waals surface area contributed by atoms with Crippen LogP contribution in [0.1, 0.15) is 32.8 Å². The standard InChI is InChI=1S/C18H24BrN3S/c1-4-14(3)17(9-8-16(19)5-2)22-18(23)21-12-10-15-7-6-11-20-13-15/h5-9,11,13H,4,10,12H2,1-3H3,(H2,21,22,23)/b9-8-,16-5+,17-14?. The minimum Gasteiger partial charge on any atom is -0.362 e. The van der Waals surface area contributed by atoms with E-state index in [4.69, 9.17) is 12.2 Å². The molecule has 2 N–H and O–H groups in total. The summed E-state index contributed by atoms with van der Waals surface area (Å²) in [5.74, 6) is 0. The van der Waals surface area contributed by atoms with Crippen LogP contribution in [0.3, 0.4) is 0 Å². The first-order valence-electron chi connectivity index (χ1n) is 7.70. The van der Waals surface area contributed by atoms with Gasteiger partial charge in [0, 0.05) is 29.1 Å². The highest BCUT2D eigenvalue weighted by molar-refractivity contribution is 9.11. The van der Waals surface area contributed by atoms with Crippen LogP contribution < -0.4 is 10.6 Å². The number of halogens is 1. The van der Waals surface area contributed by atoms with E-state index in [1.54, 1.807) is 6.20 Å². The second kappa shape index (κ2) is 11.1. The first-order valence-corrected chi connectivity index (χ1v) is 8.90. The maximum Gasteiger partial charge on any atom is 0.170 e. The molecule has 0 atom stereocenters. The van der Waals surface area contributed by atoms with Gasteiger partial charge in [0.2, 0.25) is 0 Å². The molecule has 5 heteroatoms. The molecule has 0 radical (unpaired) electrons. The smallest absolute Gasteiger partial charge is 0.170 e. The Morgan fingerprint density at radius 3 is 2.78 bits per heavy atom. The predicted molar refractivity (Wildman–Crippen MR) is 106 cm³/mol. The molecule has 0 saturated heterocycles. The topological polar surface area (TPSA) is 37.0 Å². The summed E-state index contributed by atoms with van der Waals surface area (Å²) in [6.07, 6.45) is 11.6. The SMILES string of the molecule is C/C=C(Br)\C=C/C(NC(=S)NCCc1cccnc1)=C(C)CC. The third kappa shape index (κ3) is 8.09. The Balaban J connectivity index is 2.55. The Morgan fingerprint density at radius 1 is 1.39 bits per heavy atom. The van der Waals surface area contributed by atoms with Crippen molar-refractivity contribution in [1.82, 2.24) is 15.6 Å². The van der Waals surface area contributed by atoms with Gasteiger partial charge in [0.15, 0.2) is 5.11 Å². The van der Waals surface area contributed by atoms with Crippen molar-refractivity contribution in [3.05, 3.63) is 64.1 Å². The first-order chi connectivity index (χ1) is 11.1. The minimum absolute atomic E-state index is 0.637. The molecule has 0 amide bonds. The molecule has 1 aromatic heterocycles. The third-order valence-electron chi connectivity index (χ3n) is 3.35. The van der Waals surface area contributed by atoms with Crippen LogP contribution in [0, 0.1) is 0 Å². The Labute approximate surface area is 153 Å². The van der Waals surface area contributed by atoms with E-state index in [1.807, 2.05) is 37.4 Å². The molecule has 3 nitrogen and oxygen atoms in total. The van der Waals surface area contributed by atoms with E-state index >= 15 is 0 Å². The van der Waals surface area contributed by atoms with Crippen molar-refractivity contribution in [2.24, 2.45) is 0 Å². The first kappa shape index (κ1) is 19.6. The van der Waals surface area contributed by atoms with E-state index in [-0.39, 0.29) is 0 Å². The van der Waals surface area contributed by atoms with Crippen molar-refractivity contribution < 1.29 is 0 Å². The van der Waals surface area contributed by atoms with Gasteiger partial charge in [0.05, 0.1) is 0 Å². The fourth-order valence-electron chi connectivity index (χ4n) is 1.77. The summed E-state index contributed by atoms with van der Waals surface area (Å²) in [5, 5.41) is 7.16. The Morgan fingerprint density at radius 2 is 2.17 bits per heavy atom. The van der Waals surface area contributed by atoms with Gasteiger partial charge < -0.3 is 10.6 Å². The largest absolute Gasteiger partial charge is 0.362 e. The second-order valence-corrected chi connectivity index (χ2v) is 6.37. The summed E-state index contributed by atoms with van der Waals surface area (Å²) in [4.78, 5) is 4.11. The zero-order chi connectivity index (χ0) is 17.1. The van der Waals surface area contributed by atoms with Gasteiger partial charge in [-0.05, 0) is 62.7 Å². The van der Waals surface area contributed by atoms with Crippen molar-refractivity contribution >= 4 is 33.3 Å². The molecule has 0 fully saturated rings. The van der Waals surface area contributed by atoms with Crippen LogP contribution in [0.25, 0.3) is 0 Å². The van der Waals surface area contributed by atoms with Crippen molar-refractivity contribution in [3.8, 4) is 0 Å². The van der Waals surface area contributed by atoms with Gasteiger partial charge in [0.1, 0.15) is 0 Å². The molecule has 1 aromatic rings. The summed E-state index contributed by atoms with van der Waals surface area (Å²) in [6.45, 7) is 7.00. The number of nitrogens with one attached hydrogen (secondary N) is 2. The Hall–Kier alpha value is -1.46. The lowest BCUT2D eigenvalue weighted by Gasteiger charge is -2.13. The molecular weight excluding hydrogens is 370 g/mol. The van der Waals surface area contributed by atoms with Gasteiger partial charge in [-0.3, -0.25) is 4.98 Å². The van der Waals surface area contributed by atoms with Gasteiger partial charge in [-0.1, -0.05) is 40.6 Å². The van der Waals surface area contributed by atoms with Gasteiger partial charge in [0.25, 0.3) is 0 Å². The summed E-state index contributed by atoms with van der Waals surface area (Å²) in [5.41, 5.74) is 3.49. The molecule has 0 aliphatic heterocycles. The van der Waals surface area contributed by atoms with Crippen molar-refractivity contribution in [2.75, 3.05) is 6.54 Å². The van der Waals surface area contributed by atoms with E-state index in [1.165, 1.54) is 11.1 Å². The lowest BCUT2D eigenvalue weighted by Crippen LogP contribution is -2.35. The summed E-state index contributed by atoms with van der Waals surface area (Å²) >= 11 is 8.87. The van der Waals surface area contributed by atoms with E-state index in [0.29, 0.717) is 5.11 Å². The molecule has 0 unspecified atom stereocenters. The average Bonchev–Trinajstić information content (AvgIpc) is 2.58. The Bertz CT molecular complexity index is 592. The third-order valence-corrected chi connectivity index (χ3v) is 4.31. The number of hydrogen-bond acceptors (Lipinski definition) is 2. The molecular formula is C18H24BrN3S. The molecule has 0 aromatic carbocycles. The highest BCUT2D eigenvalue weighted by Crippen LogP contribution is 2.11. The number of rotatable bonds is 7. The highest BCUT2D eigenvalue weighted by atomic mass is 79.9. The zero-order valence-electron chi connectivity index (χ0n) is 13.9. The molecule has 0 saturated carbocycles. The van der Waals surface area contributed by atoms with Gasteiger partial charge in [-0.15, -0.1) is 0 Å². The Kier molecular flexibility index (Phi) is 9.48. The fraction of sp³-hybridized carbons (Fsp3) is 0.333. The molecule has 1 heterocycles. The normalized spacial score (nSPS) is 13.0. The average molecular weight is 394 g/mol. The highest BCUT2D eigenvalue weighted by Gasteiger charge is 2.02. The summed E-state index contributed by atoms with van der Waals surface area (Å²) < 4.78 is 1.04. The minimum atomic E-state index is 0.637. The van der Waals surface area contributed by atoms with Crippen LogP contribution >= 0.6 is 28.1 Å². The van der Waals surface area contributed by atoms with Crippen molar-refractivity contribution in [2.45, 2.75) is 33.6 Å². The number of aromatic nitrogens is 1. The fourth-order valence-corrected chi connectivity index (χ4v) is 2.12. The van der Waals surface area contributed by atoms with Crippen molar-refractivity contribution in [1.29, 1.82) is 0 Å². The molecule has 0 spiro atoms. The van der Waals surface area contributed by atoms with Crippen LogP contribution in [-0.2, 0) is 6.42 Å². The maximum atomic E-state index is 5.39. The van der Waals surface area contributed by atoms with Crippen LogP contribution in [-0.4, -0.2) is 16.6 Å². The quantitative estimate of drug-likeness (QED) is 0.523. The molecule has 0 bridgehead atoms. The number of nitrogens with zero attached hydrogens (tertiary/aromatic N) is 1. The second-order valence-electron chi connectivity index (χ2n) is 5.05. The lowest BCUT2D eigenvalue weighted by atomic mass is 10.1. The lowest BCUT2D eigenvalue weighted by molar-refractivity contribution is 0.846. The molecule has 1 rings (SSSR count). The number of thiocarbonyl (C=S) groups is 1. The van der Waals surface area contributed by atoms with Crippen LogP contribution in [0.5, 0.6) is 0 Å². The van der Waals surface area contributed by atoms with Crippen LogP contribution in [0.15, 0.2) is 58.5 Å². The van der Waals surface area contributed by atoms with Gasteiger partial charge in [-0.25, -0.2) is 0 Å².